The van der Waals surface area contributed by atoms with E-state index in [9.17, 15) is 4.79 Å². The molecule has 152 valence electrons. The van der Waals surface area contributed by atoms with Gasteiger partial charge < -0.3 is 19.4 Å². The zero-order chi connectivity index (χ0) is 20.1. The average Bonchev–Trinajstić information content (AvgIpc) is 2.93. The number of nitrogens with one attached hydrogen (secondary N) is 1. The van der Waals surface area contributed by atoms with Gasteiger partial charge in [-0.15, -0.1) is 10.2 Å². The second kappa shape index (κ2) is 9.08. The number of carbonyl (C=O) groups excluding carboxylic acids is 1. The Morgan fingerprint density at radius 1 is 1.21 bits per heavy atom. The maximum absolute atomic E-state index is 12.9. The fourth-order valence-corrected chi connectivity index (χ4v) is 3.52. The molecule has 0 spiro atoms. The summed E-state index contributed by atoms with van der Waals surface area (Å²) in [5.41, 5.74) is 0.530. The van der Waals surface area contributed by atoms with Crippen LogP contribution in [0.25, 0.3) is 0 Å². The summed E-state index contributed by atoms with van der Waals surface area (Å²) in [5.74, 6) is 2.89. The highest BCUT2D eigenvalue weighted by Crippen LogP contribution is 2.29. The minimum Gasteiger partial charge on any atom is -0.493 e. The lowest BCUT2D eigenvalue weighted by Gasteiger charge is -2.19. The molecule has 3 rings (SSSR count). The zero-order valence-electron chi connectivity index (χ0n) is 17.2. The minimum absolute atomic E-state index is 0.0289. The van der Waals surface area contributed by atoms with Crippen molar-refractivity contribution in [3.63, 3.8) is 0 Å². The lowest BCUT2D eigenvalue weighted by atomic mass is 10.1. The Morgan fingerprint density at radius 2 is 2.04 bits per heavy atom. The van der Waals surface area contributed by atoms with Crippen LogP contribution >= 0.6 is 0 Å². The van der Waals surface area contributed by atoms with Crippen LogP contribution in [0, 0.1) is 0 Å². The van der Waals surface area contributed by atoms with E-state index in [4.69, 9.17) is 9.47 Å². The number of amides is 1. The third kappa shape index (κ3) is 4.46. The SMILES string of the molecule is CCC(NC(=O)c1ccc(OC(C)C)c(OC)c1)c1nnc2n1CCCCC2. The van der Waals surface area contributed by atoms with Crippen molar-refractivity contribution in [1.82, 2.24) is 20.1 Å². The van der Waals surface area contributed by atoms with Crippen LogP contribution in [-0.4, -0.2) is 33.9 Å². The normalized spacial score (nSPS) is 14.9. The fraction of sp³-hybridized carbons (Fsp3) is 0.571. The Kier molecular flexibility index (Phi) is 6.54. The van der Waals surface area contributed by atoms with Gasteiger partial charge in [0.25, 0.3) is 5.91 Å². The Balaban J connectivity index is 1.78. The topological polar surface area (TPSA) is 78.3 Å². The highest BCUT2D eigenvalue weighted by Gasteiger charge is 2.23. The second-order valence-corrected chi connectivity index (χ2v) is 7.40. The molecular weight excluding hydrogens is 356 g/mol. The number of ether oxygens (including phenoxy) is 2. The largest absolute Gasteiger partial charge is 0.493 e. The van der Waals surface area contributed by atoms with Gasteiger partial charge in [0.2, 0.25) is 0 Å². The minimum atomic E-state index is -0.176. The van der Waals surface area contributed by atoms with Gasteiger partial charge in [0.15, 0.2) is 17.3 Å². The average molecular weight is 386 g/mol. The van der Waals surface area contributed by atoms with Gasteiger partial charge in [-0.25, -0.2) is 0 Å². The molecule has 2 aromatic rings. The number of nitrogens with zero attached hydrogens (tertiary/aromatic N) is 3. The van der Waals surface area contributed by atoms with Gasteiger partial charge in [-0.3, -0.25) is 4.79 Å². The Bertz CT molecular complexity index is 816. The molecule has 1 aromatic heterocycles. The van der Waals surface area contributed by atoms with Gasteiger partial charge >= 0.3 is 0 Å². The van der Waals surface area contributed by atoms with Crippen molar-refractivity contribution >= 4 is 5.91 Å². The van der Waals surface area contributed by atoms with Crippen molar-refractivity contribution in [3.05, 3.63) is 35.4 Å². The van der Waals surface area contributed by atoms with Crippen molar-refractivity contribution < 1.29 is 14.3 Å². The van der Waals surface area contributed by atoms with Crippen LogP contribution in [-0.2, 0) is 13.0 Å². The van der Waals surface area contributed by atoms with E-state index in [1.165, 1.54) is 6.42 Å². The number of aryl methyl sites for hydroxylation is 1. The number of hydrogen-bond acceptors (Lipinski definition) is 5. The van der Waals surface area contributed by atoms with Crippen LogP contribution in [0.3, 0.4) is 0 Å². The molecule has 1 unspecified atom stereocenters. The van der Waals surface area contributed by atoms with Gasteiger partial charge in [-0.2, -0.15) is 0 Å². The number of methoxy groups -OCH3 is 1. The molecule has 0 saturated heterocycles. The predicted molar refractivity (Wildman–Crippen MR) is 107 cm³/mol. The van der Waals surface area contributed by atoms with Gasteiger partial charge in [0.1, 0.15) is 5.82 Å². The Hall–Kier alpha value is -2.57. The molecule has 0 radical (unpaired) electrons. The Morgan fingerprint density at radius 3 is 2.75 bits per heavy atom. The van der Waals surface area contributed by atoms with E-state index in [1.807, 2.05) is 20.8 Å². The van der Waals surface area contributed by atoms with Crippen LogP contribution in [0.5, 0.6) is 11.5 Å². The summed E-state index contributed by atoms with van der Waals surface area (Å²) in [6, 6.07) is 5.07. The summed E-state index contributed by atoms with van der Waals surface area (Å²) in [5, 5.41) is 11.9. The number of aromatic nitrogens is 3. The molecule has 1 aromatic carbocycles. The summed E-state index contributed by atoms with van der Waals surface area (Å²) >= 11 is 0. The molecule has 0 fully saturated rings. The van der Waals surface area contributed by atoms with Crippen LogP contribution in [0.4, 0.5) is 0 Å². The first-order chi connectivity index (χ1) is 13.5. The third-order valence-corrected chi connectivity index (χ3v) is 4.95. The van der Waals surface area contributed by atoms with E-state index in [-0.39, 0.29) is 18.1 Å². The lowest BCUT2D eigenvalue weighted by molar-refractivity contribution is 0.0932. The van der Waals surface area contributed by atoms with Crippen molar-refractivity contribution in [2.24, 2.45) is 0 Å². The number of hydrogen-bond donors (Lipinski definition) is 1. The first kappa shape index (κ1) is 20.2. The van der Waals surface area contributed by atoms with E-state index in [1.54, 1.807) is 25.3 Å². The third-order valence-electron chi connectivity index (χ3n) is 4.95. The predicted octanol–water partition coefficient (Wildman–Crippen LogP) is 3.68. The van der Waals surface area contributed by atoms with E-state index < -0.39 is 0 Å². The quantitative estimate of drug-likeness (QED) is 0.785. The van der Waals surface area contributed by atoms with Gasteiger partial charge in [0, 0.05) is 18.5 Å². The van der Waals surface area contributed by atoms with Gasteiger partial charge in [0.05, 0.1) is 19.3 Å². The monoisotopic (exact) mass is 386 g/mol. The summed E-state index contributed by atoms with van der Waals surface area (Å²) in [4.78, 5) is 12.9. The van der Waals surface area contributed by atoms with Crippen molar-refractivity contribution in [3.8, 4) is 11.5 Å². The maximum Gasteiger partial charge on any atom is 0.252 e. The molecule has 1 atom stereocenters. The highest BCUT2D eigenvalue weighted by atomic mass is 16.5. The number of benzene rings is 1. The fourth-order valence-electron chi connectivity index (χ4n) is 3.52. The van der Waals surface area contributed by atoms with Gasteiger partial charge in [-0.1, -0.05) is 13.3 Å². The maximum atomic E-state index is 12.9. The number of fused-ring (bicyclic) bond motifs is 1. The van der Waals surface area contributed by atoms with E-state index in [2.05, 4.69) is 20.1 Å². The van der Waals surface area contributed by atoms with Crippen molar-refractivity contribution in [2.45, 2.75) is 71.6 Å². The number of rotatable bonds is 7. The molecular formula is C21H30N4O3. The molecule has 7 nitrogen and oxygen atoms in total. The Labute approximate surface area is 166 Å². The molecule has 1 N–H and O–H groups in total. The van der Waals surface area contributed by atoms with Crippen molar-refractivity contribution in [1.29, 1.82) is 0 Å². The smallest absolute Gasteiger partial charge is 0.252 e. The summed E-state index contributed by atoms with van der Waals surface area (Å²) in [6.07, 6.45) is 5.20. The van der Waals surface area contributed by atoms with Crippen LogP contribution in [0.2, 0.25) is 0 Å². The molecule has 0 saturated carbocycles. The number of carbonyl (C=O) groups is 1. The molecule has 7 heteroatoms. The molecule has 0 bridgehead atoms. The van der Waals surface area contributed by atoms with E-state index >= 15 is 0 Å². The summed E-state index contributed by atoms with van der Waals surface area (Å²) < 4.78 is 13.3. The molecule has 1 aliphatic heterocycles. The molecule has 1 amide bonds. The van der Waals surface area contributed by atoms with Crippen LogP contribution < -0.4 is 14.8 Å². The van der Waals surface area contributed by atoms with Crippen LogP contribution in [0.1, 0.15) is 74.5 Å². The first-order valence-corrected chi connectivity index (χ1v) is 10.1. The van der Waals surface area contributed by atoms with E-state index in [0.717, 1.165) is 43.9 Å². The highest BCUT2D eigenvalue weighted by molar-refractivity contribution is 5.95. The lowest BCUT2D eigenvalue weighted by Crippen LogP contribution is -2.30. The second-order valence-electron chi connectivity index (χ2n) is 7.40. The van der Waals surface area contributed by atoms with E-state index in [0.29, 0.717) is 17.1 Å². The molecule has 2 heterocycles. The van der Waals surface area contributed by atoms with Crippen molar-refractivity contribution in [2.75, 3.05) is 7.11 Å². The first-order valence-electron chi connectivity index (χ1n) is 10.1. The van der Waals surface area contributed by atoms with Gasteiger partial charge in [-0.05, 0) is 51.3 Å². The molecule has 0 aliphatic carbocycles. The standard InChI is InChI=1S/C21H30N4O3/c1-5-16(20-24-23-19-9-7-6-8-12-25(19)20)22-21(26)15-10-11-17(28-14(2)3)18(13-15)27-4/h10-11,13-14,16H,5-9,12H2,1-4H3,(H,22,26). The zero-order valence-corrected chi connectivity index (χ0v) is 17.2. The van der Waals surface area contributed by atoms with Crippen LogP contribution in [0.15, 0.2) is 18.2 Å². The summed E-state index contributed by atoms with van der Waals surface area (Å²) in [6.45, 7) is 6.86. The summed E-state index contributed by atoms with van der Waals surface area (Å²) in [7, 11) is 1.57. The molecule has 1 aliphatic rings. The molecule has 28 heavy (non-hydrogen) atoms.